The van der Waals surface area contributed by atoms with Crippen LogP contribution < -0.4 is 15.4 Å². The standard InChI is InChI=1S/C24H22ClFN4O2.ClH/c1-32-21-12-22(30-8-6-17(28)7-9-30)29-24(15-2-3-16(13-27)19(26)10-15)23(21)14-4-5-18(25)20(31)11-14;/h2-5,10-12,17,31H,6-9,28H2,1H3;1H. The van der Waals surface area contributed by atoms with Gasteiger partial charge in [0.15, 0.2) is 0 Å². The summed E-state index contributed by atoms with van der Waals surface area (Å²) in [5, 5.41) is 19.5. The van der Waals surface area contributed by atoms with Crippen LogP contribution in [-0.2, 0) is 0 Å². The van der Waals surface area contributed by atoms with Crippen molar-refractivity contribution in [1.29, 1.82) is 5.26 Å². The minimum Gasteiger partial charge on any atom is -0.506 e. The number of ether oxygens (including phenoxy) is 1. The summed E-state index contributed by atoms with van der Waals surface area (Å²) in [6.45, 7) is 1.50. The Labute approximate surface area is 202 Å². The van der Waals surface area contributed by atoms with E-state index in [9.17, 15) is 9.50 Å². The van der Waals surface area contributed by atoms with Crippen LogP contribution in [0.25, 0.3) is 22.4 Å². The summed E-state index contributed by atoms with van der Waals surface area (Å²) in [7, 11) is 1.55. The van der Waals surface area contributed by atoms with Crippen LogP contribution in [0.1, 0.15) is 18.4 Å². The van der Waals surface area contributed by atoms with Crippen molar-refractivity contribution in [3.05, 3.63) is 58.9 Å². The van der Waals surface area contributed by atoms with Gasteiger partial charge < -0.3 is 20.5 Å². The second kappa shape index (κ2) is 10.3. The number of phenols is 1. The number of halogens is 3. The Kier molecular flexibility index (Phi) is 7.65. The first kappa shape index (κ1) is 24.6. The molecule has 1 aromatic heterocycles. The van der Waals surface area contributed by atoms with Gasteiger partial charge in [-0.25, -0.2) is 9.37 Å². The largest absolute Gasteiger partial charge is 0.506 e. The van der Waals surface area contributed by atoms with Crippen molar-refractivity contribution in [2.24, 2.45) is 5.73 Å². The number of nitriles is 1. The lowest BCUT2D eigenvalue weighted by Crippen LogP contribution is -2.40. The van der Waals surface area contributed by atoms with Gasteiger partial charge in [0.2, 0.25) is 0 Å². The van der Waals surface area contributed by atoms with E-state index in [1.165, 1.54) is 18.2 Å². The van der Waals surface area contributed by atoms with E-state index in [4.69, 9.17) is 32.3 Å². The highest BCUT2D eigenvalue weighted by atomic mass is 35.5. The molecule has 0 radical (unpaired) electrons. The van der Waals surface area contributed by atoms with E-state index in [1.54, 1.807) is 25.3 Å². The molecule has 6 nitrogen and oxygen atoms in total. The monoisotopic (exact) mass is 488 g/mol. The molecular formula is C24H23Cl2FN4O2. The van der Waals surface area contributed by atoms with Crippen molar-refractivity contribution < 1.29 is 14.2 Å². The van der Waals surface area contributed by atoms with E-state index < -0.39 is 5.82 Å². The normalized spacial score (nSPS) is 13.8. The topological polar surface area (TPSA) is 95.4 Å². The maximum absolute atomic E-state index is 14.5. The van der Waals surface area contributed by atoms with E-state index in [1.807, 2.05) is 12.1 Å². The average molecular weight is 489 g/mol. The summed E-state index contributed by atoms with van der Waals surface area (Å²) >= 11 is 6.00. The van der Waals surface area contributed by atoms with Crippen molar-refractivity contribution in [1.82, 2.24) is 4.98 Å². The quantitative estimate of drug-likeness (QED) is 0.527. The van der Waals surface area contributed by atoms with Gasteiger partial charge in [-0.3, -0.25) is 0 Å². The number of pyridine rings is 1. The highest BCUT2D eigenvalue weighted by molar-refractivity contribution is 6.32. The molecule has 0 saturated carbocycles. The number of benzene rings is 2. The molecular weight excluding hydrogens is 466 g/mol. The SMILES string of the molecule is COc1cc(N2CCC(N)CC2)nc(-c2ccc(C#N)c(F)c2)c1-c1ccc(Cl)c(O)c1.Cl. The molecule has 1 aliphatic heterocycles. The molecule has 1 aliphatic rings. The van der Waals surface area contributed by atoms with Crippen LogP contribution in [0.4, 0.5) is 10.2 Å². The number of anilines is 1. The molecule has 0 amide bonds. The highest BCUT2D eigenvalue weighted by Crippen LogP contribution is 2.42. The number of hydrogen-bond donors (Lipinski definition) is 2. The number of methoxy groups -OCH3 is 1. The molecule has 2 heterocycles. The van der Waals surface area contributed by atoms with Crippen LogP contribution in [0.15, 0.2) is 42.5 Å². The van der Waals surface area contributed by atoms with Crippen molar-refractivity contribution in [2.45, 2.75) is 18.9 Å². The fraction of sp³-hybridized carbons (Fsp3) is 0.250. The molecule has 1 saturated heterocycles. The number of nitrogens with zero attached hydrogens (tertiary/aromatic N) is 3. The zero-order chi connectivity index (χ0) is 22.8. The molecule has 0 aliphatic carbocycles. The maximum Gasteiger partial charge on any atom is 0.141 e. The third-order valence-electron chi connectivity index (χ3n) is 5.65. The summed E-state index contributed by atoms with van der Waals surface area (Å²) in [5.74, 6) is 0.490. The molecule has 0 atom stereocenters. The Bertz CT molecular complexity index is 1210. The highest BCUT2D eigenvalue weighted by Gasteiger charge is 2.23. The lowest BCUT2D eigenvalue weighted by atomic mass is 9.96. The van der Waals surface area contributed by atoms with Crippen molar-refractivity contribution >= 4 is 29.8 Å². The van der Waals surface area contributed by atoms with E-state index in [-0.39, 0.29) is 34.8 Å². The Hall–Kier alpha value is -3.05. The van der Waals surface area contributed by atoms with E-state index in [0.29, 0.717) is 34.0 Å². The predicted molar refractivity (Wildman–Crippen MR) is 130 cm³/mol. The Morgan fingerprint density at radius 1 is 1.18 bits per heavy atom. The summed E-state index contributed by atoms with van der Waals surface area (Å²) in [6, 6.07) is 13.0. The summed E-state index contributed by atoms with van der Waals surface area (Å²) in [6.07, 6.45) is 1.69. The van der Waals surface area contributed by atoms with E-state index in [2.05, 4.69) is 4.90 Å². The van der Waals surface area contributed by atoms with Crippen LogP contribution in [-0.4, -0.2) is 36.3 Å². The van der Waals surface area contributed by atoms with Crippen molar-refractivity contribution in [3.63, 3.8) is 0 Å². The molecule has 1 fully saturated rings. The summed E-state index contributed by atoms with van der Waals surface area (Å²) < 4.78 is 20.2. The number of aromatic hydroxyl groups is 1. The first-order valence-corrected chi connectivity index (χ1v) is 10.6. The maximum atomic E-state index is 14.5. The second-order valence-corrected chi connectivity index (χ2v) is 8.11. The minimum atomic E-state index is -0.634. The van der Waals surface area contributed by atoms with Crippen LogP contribution in [0, 0.1) is 17.1 Å². The number of piperidine rings is 1. The Morgan fingerprint density at radius 2 is 1.88 bits per heavy atom. The molecule has 33 heavy (non-hydrogen) atoms. The lowest BCUT2D eigenvalue weighted by Gasteiger charge is -2.32. The van der Waals surface area contributed by atoms with Crippen LogP contribution in [0.2, 0.25) is 5.02 Å². The van der Waals surface area contributed by atoms with Gasteiger partial charge in [0.05, 0.1) is 29.0 Å². The zero-order valence-electron chi connectivity index (χ0n) is 17.9. The first-order chi connectivity index (χ1) is 15.4. The molecule has 0 unspecified atom stereocenters. The molecule has 3 N–H and O–H groups in total. The third-order valence-corrected chi connectivity index (χ3v) is 5.97. The van der Waals surface area contributed by atoms with Crippen molar-refractivity contribution in [3.8, 4) is 40.0 Å². The summed E-state index contributed by atoms with van der Waals surface area (Å²) in [4.78, 5) is 6.99. The number of phenolic OH excluding ortho intramolecular Hbond substituents is 1. The van der Waals surface area contributed by atoms with Gasteiger partial charge in [0, 0.05) is 30.8 Å². The minimum absolute atomic E-state index is 0. The average Bonchev–Trinajstić information content (AvgIpc) is 2.80. The molecule has 0 spiro atoms. The van der Waals surface area contributed by atoms with Gasteiger partial charge in [-0.1, -0.05) is 23.7 Å². The Balaban J connectivity index is 0.00000306. The number of hydrogen-bond acceptors (Lipinski definition) is 6. The molecule has 4 rings (SSSR count). The van der Waals surface area contributed by atoms with Gasteiger partial charge in [-0.05, 0) is 42.7 Å². The van der Waals surface area contributed by atoms with Gasteiger partial charge >= 0.3 is 0 Å². The number of nitrogens with two attached hydrogens (primary N) is 1. The van der Waals surface area contributed by atoms with E-state index in [0.717, 1.165) is 25.9 Å². The predicted octanol–water partition coefficient (Wildman–Crippen LogP) is 5.14. The summed E-state index contributed by atoms with van der Waals surface area (Å²) in [5.41, 5.74) is 8.16. The first-order valence-electron chi connectivity index (χ1n) is 10.2. The molecule has 172 valence electrons. The van der Waals surface area contributed by atoms with Crippen LogP contribution in [0.3, 0.4) is 0 Å². The Morgan fingerprint density at radius 3 is 2.48 bits per heavy atom. The molecule has 9 heteroatoms. The van der Waals surface area contributed by atoms with Crippen LogP contribution >= 0.6 is 24.0 Å². The molecule has 3 aromatic rings. The fourth-order valence-electron chi connectivity index (χ4n) is 3.87. The fourth-order valence-corrected chi connectivity index (χ4v) is 3.99. The van der Waals surface area contributed by atoms with Gasteiger partial charge in [-0.15, -0.1) is 12.4 Å². The van der Waals surface area contributed by atoms with Gasteiger partial charge in [-0.2, -0.15) is 5.26 Å². The van der Waals surface area contributed by atoms with Crippen molar-refractivity contribution in [2.75, 3.05) is 25.1 Å². The molecule has 0 bridgehead atoms. The smallest absolute Gasteiger partial charge is 0.141 e. The van der Waals surface area contributed by atoms with E-state index >= 15 is 0 Å². The number of aromatic nitrogens is 1. The zero-order valence-corrected chi connectivity index (χ0v) is 19.5. The lowest BCUT2D eigenvalue weighted by molar-refractivity contribution is 0.415. The molecule has 2 aromatic carbocycles. The van der Waals surface area contributed by atoms with Crippen LogP contribution in [0.5, 0.6) is 11.5 Å². The number of rotatable bonds is 4. The van der Waals surface area contributed by atoms with Gasteiger partial charge in [0.1, 0.15) is 29.2 Å². The van der Waals surface area contributed by atoms with Gasteiger partial charge in [0.25, 0.3) is 0 Å². The third kappa shape index (κ3) is 4.98. The second-order valence-electron chi connectivity index (χ2n) is 7.70.